The molecule has 0 saturated carbocycles. The Hall–Kier alpha value is -0.920. The molecule has 78 valence electrons. The van der Waals surface area contributed by atoms with Gasteiger partial charge < -0.3 is 0 Å². The summed E-state index contributed by atoms with van der Waals surface area (Å²) in [7, 11) is 0. The Morgan fingerprint density at radius 1 is 1.29 bits per heavy atom. The third-order valence-electron chi connectivity index (χ3n) is 2.28. The van der Waals surface area contributed by atoms with Crippen LogP contribution in [0, 0.1) is 5.82 Å². The molecule has 2 heteroatoms. The van der Waals surface area contributed by atoms with Crippen LogP contribution in [0.2, 0.25) is 0 Å². The summed E-state index contributed by atoms with van der Waals surface area (Å²) in [6.07, 6.45) is 1.78. The van der Waals surface area contributed by atoms with E-state index in [1.54, 1.807) is 12.3 Å². The minimum atomic E-state index is -0.188. The molecule has 0 unspecified atom stereocenters. The van der Waals surface area contributed by atoms with Crippen molar-refractivity contribution in [3.05, 3.63) is 29.3 Å². The quantitative estimate of drug-likeness (QED) is 0.666. The van der Waals surface area contributed by atoms with Crippen molar-refractivity contribution in [3.63, 3.8) is 0 Å². The summed E-state index contributed by atoms with van der Waals surface area (Å²) in [5, 5.41) is 0. The molecular weight excluding hydrogens is 177 g/mol. The van der Waals surface area contributed by atoms with Gasteiger partial charge in [-0.1, -0.05) is 34.6 Å². The van der Waals surface area contributed by atoms with Crippen LogP contribution in [0.15, 0.2) is 12.3 Å². The number of rotatable bonds is 1. The second-order valence-corrected chi connectivity index (χ2v) is 5.00. The van der Waals surface area contributed by atoms with Crippen LogP contribution >= 0.6 is 0 Å². The van der Waals surface area contributed by atoms with Gasteiger partial charge in [0.25, 0.3) is 0 Å². The minimum Gasteiger partial charge on any atom is -0.258 e. The van der Waals surface area contributed by atoms with E-state index >= 15 is 0 Å². The zero-order chi connectivity index (χ0) is 10.9. The van der Waals surface area contributed by atoms with E-state index in [9.17, 15) is 4.39 Å². The molecule has 14 heavy (non-hydrogen) atoms. The van der Waals surface area contributed by atoms with Crippen LogP contribution in [0.4, 0.5) is 4.39 Å². The van der Waals surface area contributed by atoms with Crippen molar-refractivity contribution in [1.82, 2.24) is 4.98 Å². The van der Waals surface area contributed by atoms with Crippen LogP contribution < -0.4 is 0 Å². The number of nitrogens with zero attached hydrogens (tertiary/aromatic N) is 1. The summed E-state index contributed by atoms with van der Waals surface area (Å²) in [5.74, 6) is -0.0450. The Bertz CT molecular complexity index is 324. The molecule has 1 nitrogen and oxygen atoms in total. The molecule has 0 radical (unpaired) electrons. The molecule has 0 bridgehead atoms. The summed E-state index contributed by atoms with van der Waals surface area (Å²) >= 11 is 0. The van der Waals surface area contributed by atoms with Gasteiger partial charge in [-0.05, 0) is 23.0 Å². The highest BCUT2D eigenvalue weighted by atomic mass is 19.1. The average molecular weight is 195 g/mol. The van der Waals surface area contributed by atoms with E-state index in [0.29, 0.717) is 5.69 Å². The molecule has 0 aliphatic heterocycles. The standard InChI is InChI=1S/C12H18FN/c1-8(2)11-10(13)6-9(7-14-11)12(3,4)5/h6-8H,1-5H3. The molecule has 1 rings (SSSR count). The van der Waals surface area contributed by atoms with Crippen LogP contribution in [0.1, 0.15) is 51.8 Å². The van der Waals surface area contributed by atoms with Gasteiger partial charge in [-0.15, -0.1) is 0 Å². The highest BCUT2D eigenvalue weighted by Crippen LogP contribution is 2.24. The maximum atomic E-state index is 13.6. The second-order valence-electron chi connectivity index (χ2n) is 5.00. The predicted octanol–water partition coefficient (Wildman–Crippen LogP) is 3.64. The molecule has 0 aromatic carbocycles. The lowest BCUT2D eigenvalue weighted by Crippen LogP contribution is -2.13. The first kappa shape index (κ1) is 11.2. The van der Waals surface area contributed by atoms with Crippen LogP contribution in [0.25, 0.3) is 0 Å². The number of hydrogen-bond donors (Lipinski definition) is 0. The predicted molar refractivity (Wildman–Crippen MR) is 57.0 cm³/mol. The topological polar surface area (TPSA) is 12.9 Å². The van der Waals surface area contributed by atoms with Crippen molar-refractivity contribution >= 4 is 0 Å². The van der Waals surface area contributed by atoms with E-state index in [4.69, 9.17) is 0 Å². The minimum absolute atomic E-state index is 0.0383. The molecule has 0 aliphatic rings. The number of halogens is 1. The van der Waals surface area contributed by atoms with Gasteiger partial charge >= 0.3 is 0 Å². The molecular formula is C12H18FN. The van der Waals surface area contributed by atoms with Crippen molar-refractivity contribution in [3.8, 4) is 0 Å². The fourth-order valence-corrected chi connectivity index (χ4v) is 1.28. The molecule has 0 fully saturated rings. The number of pyridine rings is 1. The van der Waals surface area contributed by atoms with Gasteiger partial charge in [0.2, 0.25) is 0 Å². The summed E-state index contributed by atoms with van der Waals surface area (Å²) in [4.78, 5) is 4.17. The SMILES string of the molecule is CC(C)c1ncc(C(C)(C)C)cc1F. The molecule has 0 amide bonds. The van der Waals surface area contributed by atoms with Crippen LogP contribution in [0.3, 0.4) is 0 Å². The summed E-state index contributed by atoms with van der Waals surface area (Å²) < 4.78 is 13.6. The van der Waals surface area contributed by atoms with Crippen molar-refractivity contribution in [1.29, 1.82) is 0 Å². The van der Waals surface area contributed by atoms with Crippen LogP contribution in [0.5, 0.6) is 0 Å². The Morgan fingerprint density at radius 2 is 1.86 bits per heavy atom. The van der Waals surface area contributed by atoms with E-state index < -0.39 is 0 Å². The molecule has 0 saturated heterocycles. The van der Waals surface area contributed by atoms with Gasteiger partial charge in [0.15, 0.2) is 0 Å². The van der Waals surface area contributed by atoms with Gasteiger partial charge in [0.05, 0.1) is 5.69 Å². The lowest BCUT2D eigenvalue weighted by Gasteiger charge is -2.19. The molecule has 0 aliphatic carbocycles. The van der Waals surface area contributed by atoms with Gasteiger partial charge in [0, 0.05) is 6.20 Å². The van der Waals surface area contributed by atoms with E-state index in [1.165, 1.54) is 0 Å². The van der Waals surface area contributed by atoms with Crippen molar-refractivity contribution in [2.45, 2.75) is 46.0 Å². The van der Waals surface area contributed by atoms with E-state index in [2.05, 4.69) is 25.8 Å². The third kappa shape index (κ3) is 2.31. The van der Waals surface area contributed by atoms with Gasteiger partial charge in [-0.2, -0.15) is 0 Å². The molecule has 0 N–H and O–H groups in total. The van der Waals surface area contributed by atoms with Crippen molar-refractivity contribution in [2.24, 2.45) is 0 Å². The van der Waals surface area contributed by atoms with Crippen molar-refractivity contribution in [2.75, 3.05) is 0 Å². The zero-order valence-corrected chi connectivity index (χ0v) is 9.56. The van der Waals surface area contributed by atoms with Gasteiger partial charge in [-0.3, -0.25) is 4.98 Å². The first-order valence-corrected chi connectivity index (χ1v) is 4.98. The highest BCUT2D eigenvalue weighted by molar-refractivity contribution is 5.23. The van der Waals surface area contributed by atoms with Gasteiger partial charge in [-0.25, -0.2) is 4.39 Å². The molecule has 0 spiro atoms. The van der Waals surface area contributed by atoms with Gasteiger partial charge in [0.1, 0.15) is 5.82 Å². The second kappa shape index (κ2) is 3.68. The Kier molecular flexibility index (Phi) is 2.93. The first-order valence-electron chi connectivity index (χ1n) is 4.98. The fourth-order valence-electron chi connectivity index (χ4n) is 1.28. The largest absolute Gasteiger partial charge is 0.258 e. The average Bonchev–Trinajstić information content (AvgIpc) is 2.01. The maximum absolute atomic E-state index is 13.6. The zero-order valence-electron chi connectivity index (χ0n) is 9.56. The Balaban J connectivity index is 3.13. The van der Waals surface area contributed by atoms with E-state index in [1.807, 2.05) is 13.8 Å². The summed E-state index contributed by atoms with van der Waals surface area (Å²) in [6, 6.07) is 1.60. The third-order valence-corrected chi connectivity index (χ3v) is 2.28. The van der Waals surface area contributed by atoms with E-state index in [-0.39, 0.29) is 17.2 Å². The molecule has 1 aromatic heterocycles. The summed E-state index contributed by atoms with van der Waals surface area (Å²) in [5.41, 5.74) is 1.46. The lowest BCUT2D eigenvalue weighted by molar-refractivity contribution is 0.549. The van der Waals surface area contributed by atoms with Crippen LogP contribution in [-0.2, 0) is 5.41 Å². The Morgan fingerprint density at radius 3 is 2.21 bits per heavy atom. The summed E-state index contributed by atoms with van der Waals surface area (Å²) in [6.45, 7) is 10.1. The van der Waals surface area contributed by atoms with Crippen molar-refractivity contribution < 1.29 is 4.39 Å². The highest BCUT2D eigenvalue weighted by Gasteiger charge is 2.17. The molecule has 0 atom stereocenters. The molecule has 1 heterocycles. The monoisotopic (exact) mass is 195 g/mol. The van der Waals surface area contributed by atoms with Crippen LogP contribution in [-0.4, -0.2) is 4.98 Å². The van der Waals surface area contributed by atoms with E-state index in [0.717, 1.165) is 5.56 Å². The normalized spacial score (nSPS) is 12.2. The lowest BCUT2D eigenvalue weighted by atomic mass is 9.88. The number of aromatic nitrogens is 1. The Labute approximate surface area is 85.4 Å². The number of hydrogen-bond acceptors (Lipinski definition) is 1. The molecule has 1 aromatic rings. The fraction of sp³-hybridized carbons (Fsp3) is 0.583. The first-order chi connectivity index (χ1) is 6.32. The smallest absolute Gasteiger partial charge is 0.145 e. The maximum Gasteiger partial charge on any atom is 0.145 e.